The normalized spacial score (nSPS) is 10.8. The summed E-state index contributed by atoms with van der Waals surface area (Å²) in [6.07, 6.45) is 4.16. The molecule has 0 fully saturated rings. The van der Waals surface area contributed by atoms with Crippen molar-refractivity contribution >= 4 is 35.8 Å². The van der Waals surface area contributed by atoms with Crippen molar-refractivity contribution in [2.24, 2.45) is 4.99 Å². The number of aliphatic imine (C=N–C) groups is 1. The molecule has 7 heteroatoms. The van der Waals surface area contributed by atoms with Crippen LogP contribution in [-0.4, -0.2) is 52.8 Å². The van der Waals surface area contributed by atoms with Gasteiger partial charge in [0.25, 0.3) is 5.91 Å². The summed E-state index contributed by atoms with van der Waals surface area (Å²) in [6, 6.07) is 7.68. The lowest BCUT2D eigenvalue weighted by Crippen LogP contribution is -2.38. The molecule has 0 heterocycles. The van der Waals surface area contributed by atoms with Crippen molar-refractivity contribution in [2.45, 2.75) is 25.7 Å². The Morgan fingerprint density at radius 3 is 2.60 bits per heavy atom. The SMILES string of the molecule is CN=C(NCCCCCOC)NCCc1cccc(C(=O)NC)c1.I. The minimum atomic E-state index is -0.0595. The standard InChI is InChI=1S/C18H30N4O2.HI/c1-19-17(23)16-9-7-8-15(14-16)10-12-22-18(20-2)21-11-5-4-6-13-24-3;/h7-9,14H,4-6,10-13H2,1-3H3,(H,19,23)(H2,20,21,22);1H. The maximum absolute atomic E-state index is 11.6. The van der Waals surface area contributed by atoms with Crippen LogP contribution in [0.25, 0.3) is 0 Å². The molecule has 1 aromatic carbocycles. The van der Waals surface area contributed by atoms with Crippen molar-refractivity contribution in [2.75, 3.05) is 40.9 Å². The summed E-state index contributed by atoms with van der Waals surface area (Å²) in [4.78, 5) is 15.9. The number of amides is 1. The first-order valence-corrected chi connectivity index (χ1v) is 8.45. The molecule has 0 aliphatic rings. The molecule has 0 aliphatic heterocycles. The number of hydrogen-bond acceptors (Lipinski definition) is 3. The number of benzene rings is 1. The Labute approximate surface area is 168 Å². The molecular formula is C18H31IN4O2. The predicted octanol–water partition coefficient (Wildman–Crippen LogP) is 2.19. The Bertz CT molecular complexity index is 524. The molecule has 0 aromatic heterocycles. The first-order chi connectivity index (χ1) is 11.7. The van der Waals surface area contributed by atoms with Gasteiger partial charge in [-0.05, 0) is 43.4 Å². The number of halogens is 1. The molecular weight excluding hydrogens is 431 g/mol. The molecule has 0 saturated carbocycles. The highest BCUT2D eigenvalue weighted by atomic mass is 127. The molecule has 25 heavy (non-hydrogen) atoms. The number of hydrogen-bond donors (Lipinski definition) is 3. The number of ether oxygens (including phenoxy) is 1. The van der Waals surface area contributed by atoms with Gasteiger partial charge in [0.2, 0.25) is 0 Å². The van der Waals surface area contributed by atoms with Crippen LogP contribution in [0.15, 0.2) is 29.3 Å². The van der Waals surface area contributed by atoms with Gasteiger partial charge in [0.05, 0.1) is 0 Å². The fourth-order valence-corrected chi connectivity index (χ4v) is 2.31. The van der Waals surface area contributed by atoms with Gasteiger partial charge in [-0.3, -0.25) is 9.79 Å². The number of nitrogens with one attached hydrogen (secondary N) is 3. The predicted molar refractivity (Wildman–Crippen MR) is 114 cm³/mol. The highest BCUT2D eigenvalue weighted by molar-refractivity contribution is 14.0. The van der Waals surface area contributed by atoms with Crippen LogP contribution in [0.3, 0.4) is 0 Å². The third-order valence-corrected chi connectivity index (χ3v) is 3.66. The lowest BCUT2D eigenvalue weighted by atomic mass is 10.1. The van der Waals surface area contributed by atoms with Gasteiger partial charge in [0, 0.05) is 46.5 Å². The maximum Gasteiger partial charge on any atom is 0.251 e. The van der Waals surface area contributed by atoms with E-state index in [-0.39, 0.29) is 29.9 Å². The van der Waals surface area contributed by atoms with Crippen LogP contribution >= 0.6 is 24.0 Å². The molecule has 0 atom stereocenters. The third-order valence-electron chi connectivity index (χ3n) is 3.66. The average Bonchev–Trinajstić information content (AvgIpc) is 2.62. The molecule has 1 rings (SSSR count). The fourth-order valence-electron chi connectivity index (χ4n) is 2.31. The highest BCUT2D eigenvalue weighted by Gasteiger charge is 2.04. The summed E-state index contributed by atoms with van der Waals surface area (Å²) < 4.78 is 5.03. The monoisotopic (exact) mass is 462 g/mol. The number of carbonyl (C=O) groups is 1. The second-order valence-corrected chi connectivity index (χ2v) is 5.51. The highest BCUT2D eigenvalue weighted by Crippen LogP contribution is 2.05. The quantitative estimate of drug-likeness (QED) is 0.216. The van der Waals surface area contributed by atoms with Gasteiger partial charge in [0.1, 0.15) is 0 Å². The first-order valence-electron chi connectivity index (χ1n) is 8.45. The molecule has 0 radical (unpaired) electrons. The Balaban J connectivity index is 0.00000576. The molecule has 0 spiro atoms. The minimum Gasteiger partial charge on any atom is -0.385 e. The summed E-state index contributed by atoms with van der Waals surface area (Å²) in [5.74, 6) is 0.750. The van der Waals surface area contributed by atoms with E-state index in [0.29, 0.717) is 5.56 Å². The van der Waals surface area contributed by atoms with Crippen molar-refractivity contribution in [1.29, 1.82) is 0 Å². The van der Waals surface area contributed by atoms with Gasteiger partial charge in [-0.25, -0.2) is 0 Å². The van der Waals surface area contributed by atoms with Gasteiger partial charge < -0.3 is 20.7 Å². The molecule has 142 valence electrons. The van der Waals surface area contributed by atoms with E-state index in [4.69, 9.17) is 4.74 Å². The number of unbranched alkanes of at least 4 members (excludes halogenated alkanes) is 2. The molecule has 6 nitrogen and oxygen atoms in total. The van der Waals surface area contributed by atoms with E-state index < -0.39 is 0 Å². The summed E-state index contributed by atoms with van der Waals surface area (Å²) >= 11 is 0. The van der Waals surface area contributed by atoms with E-state index in [1.165, 1.54) is 0 Å². The lowest BCUT2D eigenvalue weighted by molar-refractivity contribution is 0.0963. The van der Waals surface area contributed by atoms with Gasteiger partial charge in [-0.2, -0.15) is 0 Å². The number of rotatable bonds is 10. The van der Waals surface area contributed by atoms with Crippen LogP contribution in [0, 0.1) is 0 Å². The molecule has 1 aromatic rings. The van der Waals surface area contributed by atoms with Crippen LogP contribution in [0.1, 0.15) is 35.2 Å². The second kappa shape index (κ2) is 14.9. The van der Waals surface area contributed by atoms with Crippen molar-refractivity contribution in [1.82, 2.24) is 16.0 Å². The van der Waals surface area contributed by atoms with E-state index >= 15 is 0 Å². The number of nitrogens with zero attached hydrogens (tertiary/aromatic N) is 1. The second-order valence-electron chi connectivity index (χ2n) is 5.51. The van der Waals surface area contributed by atoms with Crippen LogP contribution < -0.4 is 16.0 Å². The third kappa shape index (κ3) is 10.3. The topological polar surface area (TPSA) is 74.8 Å². The molecule has 0 saturated heterocycles. The minimum absolute atomic E-state index is 0. The van der Waals surface area contributed by atoms with E-state index in [1.54, 1.807) is 21.2 Å². The molecule has 1 amide bonds. The lowest BCUT2D eigenvalue weighted by Gasteiger charge is -2.12. The number of guanidine groups is 1. The first kappa shape index (κ1) is 23.6. The van der Waals surface area contributed by atoms with Crippen molar-refractivity contribution in [3.8, 4) is 0 Å². The zero-order valence-corrected chi connectivity index (χ0v) is 17.8. The fraction of sp³-hybridized carbons (Fsp3) is 0.556. The maximum atomic E-state index is 11.6. The zero-order chi connectivity index (χ0) is 17.6. The van der Waals surface area contributed by atoms with Crippen LogP contribution in [-0.2, 0) is 11.2 Å². The van der Waals surface area contributed by atoms with Crippen molar-refractivity contribution in [3.63, 3.8) is 0 Å². The summed E-state index contributed by atoms with van der Waals surface area (Å²) in [7, 11) is 5.14. The number of methoxy groups -OCH3 is 1. The molecule has 0 bridgehead atoms. The summed E-state index contributed by atoms with van der Waals surface area (Å²) in [5.41, 5.74) is 1.81. The Kier molecular flexibility index (Phi) is 14.1. The smallest absolute Gasteiger partial charge is 0.251 e. The van der Waals surface area contributed by atoms with Crippen LogP contribution in [0.4, 0.5) is 0 Å². The Morgan fingerprint density at radius 1 is 1.16 bits per heavy atom. The van der Waals surface area contributed by atoms with Gasteiger partial charge in [-0.15, -0.1) is 24.0 Å². The largest absolute Gasteiger partial charge is 0.385 e. The molecule has 0 unspecified atom stereocenters. The van der Waals surface area contributed by atoms with E-state index in [2.05, 4.69) is 20.9 Å². The van der Waals surface area contributed by atoms with Gasteiger partial charge >= 0.3 is 0 Å². The molecule has 0 aliphatic carbocycles. The molecule has 3 N–H and O–H groups in total. The van der Waals surface area contributed by atoms with Crippen molar-refractivity contribution < 1.29 is 9.53 Å². The zero-order valence-electron chi connectivity index (χ0n) is 15.4. The van der Waals surface area contributed by atoms with Gasteiger partial charge in [0.15, 0.2) is 5.96 Å². The van der Waals surface area contributed by atoms with E-state index in [1.807, 2.05) is 24.3 Å². The van der Waals surface area contributed by atoms with Crippen LogP contribution in [0.2, 0.25) is 0 Å². The summed E-state index contributed by atoms with van der Waals surface area (Å²) in [5, 5.41) is 9.24. The van der Waals surface area contributed by atoms with Crippen molar-refractivity contribution in [3.05, 3.63) is 35.4 Å². The van der Waals surface area contributed by atoms with E-state index in [0.717, 1.165) is 56.9 Å². The van der Waals surface area contributed by atoms with Gasteiger partial charge in [-0.1, -0.05) is 12.1 Å². The van der Waals surface area contributed by atoms with Crippen LogP contribution in [0.5, 0.6) is 0 Å². The Morgan fingerprint density at radius 2 is 1.92 bits per heavy atom. The van der Waals surface area contributed by atoms with E-state index in [9.17, 15) is 4.79 Å². The number of carbonyl (C=O) groups excluding carboxylic acids is 1. The summed E-state index contributed by atoms with van der Waals surface area (Å²) in [6.45, 7) is 2.48. The Hall–Kier alpha value is -1.35. The average molecular weight is 462 g/mol.